The molecule has 0 saturated carbocycles. The third-order valence-corrected chi connectivity index (χ3v) is 3.22. The Morgan fingerprint density at radius 2 is 2.50 bits per heavy atom. The fraction of sp³-hybridized carbons (Fsp3) is 0.500. The van der Waals surface area contributed by atoms with Crippen molar-refractivity contribution >= 4 is 22.0 Å². The molecule has 1 aliphatic heterocycles. The summed E-state index contributed by atoms with van der Waals surface area (Å²) < 4.78 is 6.66. The van der Waals surface area contributed by atoms with Gasteiger partial charge in [0.25, 0.3) is 0 Å². The number of likely N-dealkylation sites (tertiary alicyclic amines) is 1. The predicted molar refractivity (Wildman–Crippen MR) is 71.6 cm³/mol. The van der Waals surface area contributed by atoms with Crippen molar-refractivity contribution in [3.63, 3.8) is 0 Å². The highest BCUT2D eigenvalue weighted by molar-refractivity contribution is 9.10. The quantitative estimate of drug-likeness (QED) is 0.929. The van der Waals surface area contributed by atoms with E-state index in [1.807, 2.05) is 19.1 Å². The van der Waals surface area contributed by atoms with E-state index < -0.39 is 0 Å². The zero-order chi connectivity index (χ0) is 13.0. The number of nitrogens with one attached hydrogen (secondary N) is 1. The zero-order valence-corrected chi connectivity index (χ0v) is 11.8. The minimum absolute atomic E-state index is 0.0210. The van der Waals surface area contributed by atoms with E-state index in [1.165, 1.54) is 0 Å². The van der Waals surface area contributed by atoms with Gasteiger partial charge in [-0.05, 0) is 28.9 Å². The van der Waals surface area contributed by atoms with Crippen LogP contribution in [0.3, 0.4) is 0 Å². The van der Waals surface area contributed by atoms with Crippen molar-refractivity contribution in [2.24, 2.45) is 0 Å². The Balaban J connectivity index is 1.86. The van der Waals surface area contributed by atoms with Crippen LogP contribution in [0.4, 0.5) is 4.79 Å². The van der Waals surface area contributed by atoms with E-state index in [2.05, 4.69) is 26.2 Å². The molecule has 18 heavy (non-hydrogen) atoms. The largest absolute Gasteiger partial charge is 0.472 e. The van der Waals surface area contributed by atoms with Crippen LogP contribution in [0.2, 0.25) is 0 Å². The van der Waals surface area contributed by atoms with Crippen LogP contribution in [0.15, 0.2) is 22.8 Å². The number of rotatable bonds is 3. The molecule has 1 aromatic heterocycles. The molecule has 0 bridgehead atoms. The summed E-state index contributed by atoms with van der Waals surface area (Å²) in [7, 11) is 0. The molecule has 1 aromatic rings. The molecule has 1 fully saturated rings. The van der Waals surface area contributed by atoms with E-state index in [0.29, 0.717) is 19.0 Å². The highest BCUT2D eigenvalue weighted by Crippen LogP contribution is 2.18. The van der Waals surface area contributed by atoms with E-state index in [-0.39, 0.29) is 12.1 Å². The fourth-order valence-electron chi connectivity index (χ4n) is 1.87. The summed E-state index contributed by atoms with van der Waals surface area (Å²) in [5.41, 5.74) is 0. The Hall–Kier alpha value is -1.30. The summed E-state index contributed by atoms with van der Waals surface area (Å²) in [6.45, 7) is 3.90. The zero-order valence-electron chi connectivity index (χ0n) is 10.2. The number of ether oxygens (including phenoxy) is 1. The minimum Gasteiger partial charge on any atom is -0.472 e. The summed E-state index contributed by atoms with van der Waals surface area (Å²) in [6, 6.07) is 3.69. The lowest BCUT2D eigenvalue weighted by Crippen LogP contribution is -2.39. The first-order chi connectivity index (χ1) is 8.69. The minimum atomic E-state index is -0.0210. The standard InChI is InChI=1S/C12H16BrN3O2/c1-2-14-12(17)16-6-5-10(8-16)18-11-4-3-9(13)7-15-11/h3-4,7,10H,2,5-6,8H2,1H3,(H,14,17). The molecule has 0 aliphatic carbocycles. The van der Waals surface area contributed by atoms with Crippen molar-refractivity contribution in [2.75, 3.05) is 19.6 Å². The van der Waals surface area contributed by atoms with Crippen LogP contribution in [0, 0.1) is 0 Å². The van der Waals surface area contributed by atoms with Crippen molar-refractivity contribution < 1.29 is 9.53 Å². The Bertz CT molecular complexity index is 410. The molecule has 1 N–H and O–H groups in total. The first-order valence-corrected chi connectivity index (χ1v) is 6.79. The van der Waals surface area contributed by atoms with Crippen LogP contribution >= 0.6 is 15.9 Å². The Morgan fingerprint density at radius 3 is 3.17 bits per heavy atom. The summed E-state index contributed by atoms with van der Waals surface area (Å²) >= 11 is 3.32. The Labute approximate surface area is 115 Å². The fourth-order valence-corrected chi connectivity index (χ4v) is 2.11. The van der Waals surface area contributed by atoms with Gasteiger partial charge in [-0.15, -0.1) is 0 Å². The molecule has 6 heteroatoms. The maximum Gasteiger partial charge on any atom is 0.317 e. The molecular formula is C12H16BrN3O2. The van der Waals surface area contributed by atoms with Gasteiger partial charge in [0, 0.05) is 36.2 Å². The molecule has 98 valence electrons. The van der Waals surface area contributed by atoms with E-state index >= 15 is 0 Å². The first-order valence-electron chi connectivity index (χ1n) is 6.00. The smallest absolute Gasteiger partial charge is 0.317 e. The lowest BCUT2D eigenvalue weighted by Gasteiger charge is -2.17. The molecule has 0 radical (unpaired) electrons. The Kier molecular flexibility index (Phi) is 4.41. The first kappa shape index (κ1) is 13.1. The van der Waals surface area contributed by atoms with Gasteiger partial charge in [0.1, 0.15) is 6.10 Å². The molecular weight excluding hydrogens is 298 g/mol. The highest BCUT2D eigenvalue weighted by atomic mass is 79.9. The van der Waals surface area contributed by atoms with Crippen molar-refractivity contribution in [2.45, 2.75) is 19.4 Å². The average molecular weight is 314 g/mol. The third-order valence-electron chi connectivity index (χ3n) is 2.75. The van der Waals surface area contributed by atoms with Crippen LogP contribution in [-0.4, -0.2) is 41.7 Å². The van der Waals surface area contributed by atoms with Gasteiger partial charge in [-0.3, -0.25) is 0 Å². The van der Waals surface area contributed by atoms with Gasteiger partial charge in [-0.2, -0.15) is 0 Å². The summed E-state index contributed by atoms with van der Waals surface area (Å²) in [6.07, 6.45) is 2.57. The SMILES string of the molecule is CCNC(=O)N1CCC(Oc2ccc(Br)cn2)C1. The Morgan fingerprint density at radius 1 is 1.67 bits per heavy atom. The molecule has 0 aromatic carbocycles. The molecule has 1 unspecified atom stereocenters. The summed E-state index contributed by atoms with van der Waals surface area (Å²) in [5, 5.41) is 2.79. The second-order valence-electron chi connectivity index (χ2n) is 4.12. The molecule has 5 nitrogen and oxygen atoms in total. The van der Waals surface area contributed by atoms with Gasteiger partial charge in [0.05, 0.1) is 6.54 Å². The van der Waals surface area contributed by atoms with Gasteiger partial charge in [0.2, 0.25) is 5.88 Å². The molecule has 2 heterocycles. The van der Waals surface area contributed by atoms with Crippen molar-refractivity contribution in [1.29, 1.82) is 0 Å². The van der Waals surface area contributed by atoms with Gasteiger partial charge >= 0.3 is 6.03 Å². The number of hydrogen-bond donors (Lipinski definition) is 1. The maximum absolute atomic E-state index is 11.6. The summed E-state index contributed by atoms with van der Waals surface area (Å²) in [5.74, 6) is 0.598. The predicted octanol–water partition coefficient (Wildman–Crippen LogP) is 2.03. The van der Waals surface area contributed by atoms with Crippen LogP contribution in [-0.2, 0) is 0 Å². The van der Waals surface area contributed by atoms with Gasteiger partial charge < -0.3 is 15.0 Å². The van der Waals surface area contributed by atoms with Crippen LogP contribution < -0.4 is 10.1 Å². The number of amides is 2. The maximum atomic E-state index is 11.6. The average Bonchev–Trinajstić information content (AvgIpc) is 2.81. The lowest BCUT2D eigenvalue weighted by atomic mass is 10.3. The molecule has 1 atom stereocenters. The van der Waals surface area contributed by atoms with E-state index in [9.17, 15) is 4.79 Å². The lowest BCUT2D eigenvalue weighted by molar-refractivity contribution is 0.183. The van der Waals surface area contributed by atoms with Crippen LogP contribution in [0.25, 0.3) is 0 Å². The van der Waals surface area contributed by atoms with Crippen molar-refractivity contribution in [3.05, 3.63) is 22.8 Å². The molecule has 2 amide bonds. The number of halogens is 1. The number of carbonyl (C=O) groups excluding carboxylic acids is 1. The third kappa shape index (κ3) is 3.35. The van der Waals surface area contributed by atoms with Gasteiger partial charge in [-0.1, -0.05) is 0 Å². The topological polar surface area (TPSA) is 54.5 Å². The second kappa shape index (κ2) is 6.04. The molecule has 2 rings (SSSR count). The van der Waals surface area contributed by atoms with Crippen LogP contribution in [0.5, 0.6) is 5.88 Å². The molecule has 1 saturated heterocycles. The van der Waals surface area contributed by atoms with Crippen molar-refractivity contribution in [3.8, 4) is 5.88 Å². The monoisotopic (exact) mass is 313 g/mol. The number of aromatic nitrogens is 1. The summed E-state index contributed by atoms with van der Waals surface area (Å²) in [4.78, 5) is 17.6. The number of nitrogens with zero attached hydrogens (tertiary/aromatic N) is 2. The molecule has 0 spiro atoms. The van der Waals surface area contributed by atoms with Gasteiger partial charge in [-0.25, -0.2) is 9.78 Å². The number of carbonyl (C=O) groups is 1. The van der Waals surface area contributed by atoms with Gasteiger partial charge in [0.15, 0.2) is 0 Å². The number of hydrogen-bond acceptors (Lipinski definition) is 3. The normalized spacial score (nSPS) is 18.8. The van der Waals surface area contributed by atoms with E-state index in [0.717, 1.165) is 17.4 Å². The molecule has 1 aliphatic rings. The van der Waals surface area contributed by atoms with E-state index in [1.54, 1.807) is 11.1 Å². The second-order valence-corrected chi connectivity index (χ2v) is 5.04. The number of pyridine rings is 1. The number of urea groups is 1. The van der Waals surface area contributed by atoms with E-state index in [4.69, 9.17) is 4.74 Å². The highest BCUT2D eigenvalue weighted by Gasteiger charge is 2.27. The van der Waals surface area contributed by atoms with Crippen molar-refractivity contribution in [1.82, 2.24) is 15.2 Å². The van der Waals surface area contributed by atoms with Crippen LogP contribution in [0.1, 0.15) is 13.3 Å².